The molecule has 2 aromatic heterocycles. The van der Waals surface area contributed by atoms with E-state index in [1.807, 2.05) is 30.3 Å². The molecule has 238 valence electrons. The lowest BCUT2D eigenvalue weighted by atomic mass is 9.93. The number of aromatic amines is 1. The molecule has 0 saturated heterocycles. The van der Waals surface area contributed by atoms with E-state index in [9.17, 15) is 0 Å². The van der Waals surface area contributed by atoms with Crippen molar-refractivity contribution in [2.75, 3.05) is 0 Å². The molecule has 0 amide bonds. The van der Waals surface area contributed by atoms with Gasteiger partial charge in [0.05, 0.1) is 11.1 Å². The summed E-state index contributed by atoms with van der Waals surface area (Å²) in [5.74, 6) is 1.97. The molecule has 1 aliphatic rings. The molecule has 7 aromatic carbocycles. The molecule has 0 fully saturated rings. The predicted octanol–water partition coefficient (Wildman–Crippen LogP) is 11.9. The Morgan fingerprint density at radius 3 is 1.98 bits per heavy atom. The van der Waals surface area contributed by atoms with Crippen LogP contribution in [-0.4, -0.2) is 9.97 Å². The normalized spacial score (nSPS) is 11.7. The maximum Gasteiger partial charge on any atom is 0.308 e. The molecule has 2 heterocycles. The minimum Gasteiger partial charge on any atom is -0.456 e. The van der Waals surface area contributed by atoms with Crippen LogP contribution in [0.2, 0.25) is 0 Å². The first-order valence-corrected chi connectivity index (χ1v) is 17.0. The number of rotatable bonds is 6. The Labute approximate surface area is 294 Å². The summed E-state index contributed by atoms with van der Waals surface area (Å²) in [6, 6.07) is 51.3. The van der Waals surface area contributed by atoms with Crippen LogP contribution in [0, 0.1) is 0 Å². The van der Waals surface area contributed by atoms with Crippen LogP contribution in [0.15, 0.2) is 169 Å². The average Bonchev–Trinajstić information content (AvgIpc) is 3.74. The van der Waals surface area contributed by atoms with Gasteiger partial charge in [0.1, 0.15) is 11.2 Å². The van der Waals surface area contributed by atoms with Crippen LogP contribution >= 0.6 is 0 Å². The smallest absolute Gasteiger partial charge is 0.308 e. The Balaban J connectivity index is 1.08. The molecule has 1 N–H and O–H groups in total. The van der Waals surface area contributed by atoms with Crippen molar-refractivity contribution in [2.24, 2.45) is 0 Å². The van der Waals surface area contributed by atoms with Crippen LogP contribution in [0.3, 0.4) is 0 Å². The lowest BCUT2D eigenvalue weighted by Gasteiger charge is -2.10. The van der Waals surface area contributed by atoms with Crippen LogP contribution in [-0.2, 0) is 0 Å². The fourth-order valence-corrected chi connectivity index (χ4v) is 7.61. The zero-order valence-electron chi connectivity index (χ0n) is 27.7. The fraction of sp³-hybridized carbons (Fsp3) is 0. The van der Waals surface area contributed by atoms with Crippen LogP contribution < -0.4 is 4.98 Å². The molecular formula is C47H30N3O+. The number of H-pyrrole nitrogens is 1. The summed E-state index contributed by atoms with van der Waals surface area (Å²) >= 11 is 0. The van der Waals surface area contributed by atoms with Crippen molar-refractivity contribution >= 4 is 38.3 Å². The van der Waals surface area contributed by atoms with E-state index in [4.69, 9.17) is 14.4 Å². The van der Waals surface area contributed by atoms with Gasteiger partial charge in [-0.25, -0.2) is 4.98 Å². The number of hydrogen-bond donors (Lipinski definition) is 0. The van der Waals surface area contributed by atoms with E-state index in [2.05, 4.69) is 133 Å². The van der Waals surface area contributed by atoms with Gasteiger partial charge in [-0.3, -0.25) is 0 Å². The van der Waals surface area contributed by atoms with Gasteiger partial charge in [0.15, 0.2) is 0 Å². The summed E-state index contributed by atoms with van der Waals surface area (Å²) < 4.78 is 6.44. The summed E-state index contributed by atoms with van der Waals surface area (Å²) in [5, 5.41) is 4.78. The molecule has 0 radical (unpaired) electrons. The third kappa shape index (κ3) is 4.58. The Kier molecular flexibility index (Phi) is 6.45. The van der Waals surface area contributed by atoms with Gasteiger partial charge in [0.25, 0.3) is 11.6 Å². The second-order valence-electron chi connectivity index (χ2n) is 13.0. The van der Waals surface area contributed by atoms with Crippen LogP contribution in [0.1, 0.15) is 5.82 Å². The van der Waals surface area contributed by atoms with Crippen molar-refractivity contribution in [1.29, 1.82) is 0 Å². The van der Waals surface area contributed by atoms with E-state index in [-0.39, 0.29) is 0 Å². The maximum absolute atomic E-state index is 6.44. The highest BCUT2D eigenvalue weighted by molar-refractivity contribution is 6.19. The number of allylic oxidation sites excluding steroid dienone is 2. The number of nitrogens with one attached hydrogen (secondary N) is 1. The Morgan fingerprint density at radius 2 is 1.18 bits per heavy atom. The topological polar surface area (TPSA) is 53.1 Å². The molecule has 0 aliphatic heterocycles. The standard InChI is InChI=1S/C47H29N3O/c1-3-28(2)45-48-46(30-11-5-4-6-12-30)50-47(49-45)31-21-19-29(20-22-31)34-15-10-18-42-44(34)40-27-32(23-26-41(40)51-42)33-24-25-39-36-14-8-7-13-35(36)38-17-9-16-37(33)43(38)39/h3-27H,1-2H2/p+1. The van der Waals surface area contributed by atoms with Crippen molar-refractivity contribution in [2.45, 2.75) is 0 Å². The van der Waals surface area contributed by atoms with Gasteiger partial charge < -0.3 is 4.42 Å². The van der Waals surface area contributed by atoms with Gasteiger partial charge in [0.2, 0.25) is 0 Å². The second-order valence-corrected chi connectivity index (χ2v) is 13.0. The molecule has 4 heteroatoms. The molecule has 0 unspecified atom stereocenters. The van der Waals surface area contributed by atoms with Crippen LogP contribution in [0.25, 0.3) is 106 Å². The number of hydrogen-bond acceptors (Lipinski definition) is 3. The average molecular weight is 653 g/mol. The first-order chi connectivity index (χ1) is 25.1. The van der Waals surface area contributed by atoms with Gasteiger partial charge in [-0.15, -0.1) is 0 Å². The van der Waals surface area contributed by atoms with E-state index in [0.29, 0.717) is 17.2 Å². The zero-order chi connectivity index (χ0) is 34.1. The van der Waals surface area contributed by atoms with Gasteiger partial charge in [-0.05, 0) is 97.7 Å². The zero-order valence-corrected chi connectivity index (χ0v) is 27.7. The predicted molar refractivity (Wildman–Crippen MR) is 209 cm³/mol. The molecule has 9 aromatic rings. The summed E-state index contributed by atoms with van der Waals surface area (Å²) in [7, 11) is 0. The Morgan fingerprint density at radius 1 is 0.510 bits per heavy atom. The molecule has 1 aliphatic carbocycles. The molecule has 0 spiro atoms. The van der Waals surface area contributed by atoms with E-state index >= 15 is 0 Å². The second kappa shape index (κ2) is 11.3. The highest BCUT2D eigenvalue weighted by atomic mass is 16.3. The fourth-order valence-electron chi connectivity index (χ4n) is 7.61. The number of benzene rings is 7. The van der Waals surface area contributed by atoms with Crippen molar-refractivity contribution in [3.63, 3.8) is 0 Å². The van der Waals surface area contributed by atoms with E-state index in [1.54, 1.807) is 6.08 Å². The number of nitrogens with zero attached hydrogens (tertiary/aromatic N) is 2. The van der Waals surface area contributed by atoms with Gasteiger partial charge in [-0.1, -0.05) is 132 Å². The lowest BCUT2D eigenvalue weighted by Crippen LogP contribution is -2.19. The Hall–Kier alpha value is -6.91. The first kappa shape index (κ1) is 29.0. The summed E-state index contributed by atoms with van der Waals surface area (Å²) in [4.78, 5) is 13.1. The molecule has 10 rings (SSSR count). The van der Waals surface area contributed by atoms with E-state index < -0.39 is 0 Å². The van der Waals surface area contributed by atoms with E-state index in [0.717, 1.165) is 50.0 Å². The number of aromatic nitrogens is 3. The monoisotopic (exact) mass is 652 g/mol. The third-order valence-electron chi connectivity index (χ3n) is 10.1. The SMILES string of the molecule is C=CC(=C)c1nc(-c2ccc(-c3cccc4oc5ccc(-c6ccc7c8c(cccc68)-c6ccccc6-7)cc5c34)cc2)nc(-c2ccccc2)[nH+]1. The van der Waals surface area contributed by atoms with Crippen molar-refractivity contribution in [3.05, 3.63) is 171 Å². The van der Waals surface area contributed by atoms with Gasteiger partial charge in [0, 0.05) is 16.3 Å². The van der Waals surface area contributed by atoms with Crippen molar-refractivity contribution in [1.82, 2.24) is 9.97 Å². The molecule has 4 nitrogen and oxygen atoms in total. The highest BCUT2D eigenvalue weighted by Crippen LogP contribution is 2.49. The van der Waals surface area contributed by atoms with Gasteiger partial charge >= 0.3 is 5.82 Å². The largest absolute Gasteiger partial charge is 0.456 e. The van der Waals surface area contributed by atoms with E-state index in [1.165, 1.54) is 44.2 Å². The molecule has 0 saturated carbocycles. The minimum absolute atomic E-state index is 0.613. The van der Waals surface area contributed by atoms with Crippen LogP contribution in [0.4, 0.5) is 0 Å². The molecule has 0 atom stereocenters. The molecule has 0 bridgehead atoms. The van der Waals surface area contributed by atoms with Crippen LogP contribution in [0.5, 0.6) is 0 Å². The molecule has 51 heavy (non-hydrogen) atoms. The highest BCUT2D eigenvalue weighted by Gasteiger charge is 2.23. The lowest BCUT2D eigenvalue weighted by molar-refractivity contribution is -0.377. The van der Waals surface area contributed by atoms with Crippen molar-refractivity contribution < 1.29 is 9.40 Å². The number of furan rings is 1. The number of fused-ring (bicyclic) bond motifs is 6. The third-order valence-corrected chi connectivity index (χ3v) is 10.1. The minimum atomic E-state index is 0.613. The molecular weight excluding hydrogens is 623 g/mol. The maximum atomic E-state index is 6.44. The summed E-state index contributed by atoms with van der Waals surface area (Å²) in [6.07, 6.45) is 1.70. The summed E-state index contributed by atoms with van der Waals surface area (Å²) in [5.41, 5.74) is 14.1. The first-order valence-electron chi connectivity index (χ1n) is 17.0. The summed E-state index contributed by atoms with van der Waals surface area (Å²) in [6.45, 7) is 8.02. The Bertz CT molecular complexity index is 2850. The van der Waals surface area contributed by atoms with Crippen molar-refractivity contribution in [3.8, 4) is 67.3 Å². The van der Waals surface area contributed by atoms with Gasteiger partial charge in [-0.2, -0.15) is 0 Å². The quantitative estimate of drug-likeness (QED) is 0.168.